The highest BCUT2D eigenvalue weighted by molar-refractivity contribution is 6.01. The summed E-state index contributed by atoms with van der Waals surface area (Å²) in [6, 6.07) is 13.0. The molecule has 1 heterocycles. The molecule has 6 heteroatoms. The van der Waals surface area contributed by atoms with Gasteiger partial charge >= 0.3 is 11.6 Å². The van der Waals surface area contributed by atoms with Crippen molar-refractivity contribution in [3.8, 4) is 33.8 Å². The van der Waals surface area contributed by atoms with Gasteiger partial charge in [-0.2, -0.15) is 0 Å². The number of carbonyl (C=O) groups is 1. The lowest BCUT2D eigenvalue weighted by Gasteiger charge is -2.14. The van der Waals surface area contributed by atoms with Crippen LogP contribution < -0.4 is 5.63 Å². The average molecular weight is 366 g/mol. The molecule has 0 aliphatic rings. The minimum Gasteiger partial charge on any atom is -0.507 e. The molecule has 0 aliphatic heterocycles. The van der Waals surface area contributed by atoms with Crippen LogP contribution in [0.25, 0.3) is 22.3 Å². The number of carbonyl (C=O) groups excluding carboxylic acids is 1. The van der Waals surface area contributed by atoms with Gasteiger partial charge < -0.3 is 19.4 Å². The Morgan fingerprint density at radius 3 is 2.37 bits per heavy atom. The van der Waals surface area contributed by atoms with Gasteiger partial charge in [-0.1, -0.05) is 30.3 Å². The van der Waals surface area contributed by atoms with Crippen LogP contribution in [0, 0.1) is 6.92 Å². The van der Waals surface area contributed by atoms with E-state index >= 15 is 0 Å². The van der Waals surface area contributed by atoms with Gasteiger partial charge in [0.2, 0.25) is 0 Å². The molecular weight excluding hydrogens is 348 g/mol. The van der Waals surface area contributed by atoms with Crippen molar-refractivity contribution in [3.63, 3.8) is 0 Å². The molecule has 0 bridgehead atoms. The second kappa shape index (κ2) is 7.37. The predicted octanol–water partition coefficient (Wildman–Crippen LogP) is 3.87. The van der Waals surface area contributed by atoms with E-state index in [9.17, 15) is 19.8 Å². The third kappa shape index (κ3) is 3.55. The third-order valence-corrected chi connectivity index (χ3v) is 4.02. The van der Waals surface area contributed by atoms with Crippen molar-refractivity contribution in [2.45, 2.75) is 13.8 Å². The van der Waals surface area contributed by atoms with Crippen LogP contribution in [-0.4, -0.2) is 22.8 Å². The molecule has 0 atom stereocenters. The fraction of sp³-hybridized carbons (Fsp3) is 0.143. The van der Waals surface area contributed by atoms with E-state index in [4.69, 9.17) is 9.15 Å². The average Bonchev–Trinajstić information content (AvgIpc) is 2.61. The Hall–Kier alpha value is -3.54. The van der Waals surface area contributed by atoms with Gasteiger partial charge in [0.05, 0.1) is 6.61 Å². The lowest BCUT2D eigenvalue weighted by atomic mass is 9.94. The van der Waals surface area contributed by atoms with E-state index in [1.54, 1.807) is 44.2 Å². The van der Waals surface area contributed by atoms with Gasteiger partial charge in [-0.25, -0.2) is 9.59 Å². The van der Waals surface area contributed by atoms with Crippen LogP contribution in [0.3, 0.4) is 0 Å². The number of hydrogen-bond acceptors (Lipinski definition) is 6. The first kappa shape index (κ1) is 18.3. The van der Waals surface area contributed by atoms with Gasteiger partial charge in [0.25, 0.3) is 0 Å². The van der Waals surface area contributed by atoms with Crippen LogP contribution in [0.4, 0.5) is 0 Å². The smallest absolute Gasteiger partial charge is 0.347 e. The minimum absolute atomic E-state index is 0.0113. The maximum atomic E-state index is 12.4. The first-order valence-corrected chi connectivity index (χ1v) is 8.36. The molecule has 6 nitrogen and oxygen atoms in total. The lowest BCUT2D eigenvalue weighted by molar-refractivity contribution is 0.0524. The summed E-state index contributed by atoms with van der Waals surface area (Å²) in [6.45, 7) is 3.36. The Bertz CT molecular complexity index is 1050. The molecule has 0 aliphatic carbocycles. The summed E-state index contributed by atoms with van der Waals surface area (Å²) in [7, 11) is 0. The quantitative estimate of drug-likeness (QED) is 0.681. The molecule has 3 rings (SSSR count). The maximum absolute atomic E-state index is 12.4. The number of benzene rings is 2. The zero-order chi connectivity index (χ0) is 19.6. The normalized spacial score (nSPS) is 10.6. The lowest BCUT2D eigenvalue weighted by Crippen LogP contribution is -2.09. The molecule has 0 saturated carbocycles. The molecule has 138 valence electrons. The van der Waals surface area contributed by atoms with Gasteiger partial charge in [0, 0.05) is 11.6 Å². The summed E-state index contributed by atoms with van der Waals surface area (Å²) < 4.78 is 10.1. The van der Waals surface area contributed by atoms with Gasteiger partial charge in [-0.05, 0) is 37.1 Å². The number of rotatable bonds is 4. The van der Waals surface area contributed by atoms with Crippen LogP contribution >= 0.6 is 0 Å². The fourth-order valence-electron chi connectivity index (χ4n) is 2.90. The van der Waals surface area contributed by atoms with Crippen molar-refractivity contribution in [2.24, 2.45) is 0 Å². The molecule has 0 saturated heterocycles. The number of ether oxygens (including phenoxy) is 1. The molecule has 3 aromatic rings. The monoisotopic (exact) mass is 366 g/mol. The molecule has 1 aromatic heterocycles. The Labute approximate surface area is 155 Å². The summed E-state index contributed by atoms with van der Waals surface area (Å²) >= 11 is 0. The Morgan fingerprint density at radius 1 is 1.04 bits per heavy atom. The van der Waals surface area contributed by atoms with E-state index in [0.717, 1.165) is 0 Å². The minimum atomic E-state index is -0.741. The van der Waals surface area contributed by atoms with E-state index in [1.165, 1.54) is 12.1 Å². The molecule has 0 unspecified atom stereocenters. The molecule has 0 amide bonds. The van der Waals surface area contributed by atoms with Crippen molar-refractivity contribution in [1.82, 2.24) is 0 Å². The molecule has 27 heavy (non-hydrogen) atoms. The Balaban J connectivity index is 2.30. The first-order valence-electron chi connectivity index (χ1n) is 8.36. The van der Waals surface area contributed by atoms with E-state index < -0.39 is 11.6 Å². The van der Waals surface area contributed by atoms with E-state index in [1.807, 2.05) is 6.07 Å². The van der Waals surface area contributed by atoms with Crippen molar-refractivity contribution in [1.29, 1.82) is 0 Å². The number of aromatic hydroxyl groups is 2. The zero-order valence-electron chi connectivity index (χ0n) is 14.9. The molecule has 0 fully saturated rings. The van der Waals surface area contributed by atoms with Crippen LogP contribution in [-0.2, 0) is 4.74 Å². The maximum Gasteiger partial charge on any atom is 0.347 e. The Kier molecular flexibility index (Phi) is 4.98. The van der Waals surface area contributed by atoms with Gasteiger partial charge in [0.15, 0.2) is 0 Å². The number of aryl methyl sites for hydroxylation is 1. The van der Waals surface area contributed by atoms with Crippen molar-refractivity contribution >= 4 is 5.97 Å². The second-order valence-electron chi connectivity index (χ2n) is 5.91. The zero-order valence-corrected chi connectivity index (χ0v) is 14.9. The first-order chi connectivity index (χ1) is 12.9. The van der Waals surface area contributed by atoms with Gasteiger partial charge in [-0.15, -0.1) is 0 Å². The number of phenols is 1. The van der Waals surface area contributed by atoms with Crippen LogP contribution in [0.15, 0.2) is 57.7 Å². The fourth-order valence-corrected chi connectivity index (χ4v) is 2.90. The standard InChI is InChI=1S/C21H18O6/c1-3-26-20(24)19-15(13-7-5-4-6-8-13)10-14(11-17(19)23)18-16(22)9-12(2)27-21(18)25/h4-11,22-23H,3H2,1-2H3. The highest BCUT2D eigenvalue weighted by atomic mass is 16.5. The molecular formula is C21H18O6. The SMILES string of the molecule is CCOC(=O)c1c(O)cc(-c2c(O)cc(C)oc2=O)cc1-c1ccccc1. The van der Waals surface area contributed by atoms with E-state index in [2.05, 4.69) is 0 Å². The largest absolute Gasteiger partial charge is 0.507 e. The van der Waals surface area contributed by atoms with E-state index in [0.29, 0.717) is 11.1 Å². The number of phenolic OH excluding ortho intramolecular Hbond substituents is 1. The summed E-state index contributed by atoms with van der Waals surface area (Å²) in [5.74, 6) is -1.05. The topological polar surface area (TPSA) is 97.0 Å². The Morgan fingerprint density at radius 2 is 1.74 bits per heavy atom. The highest BCUT2D eigenvalue weighted by Crippen LogP contribution is 2.37. The number of esters is 1. The van der Waals surface area contributed by atoms with Gasteiger partial charge in [0.1, 0.15) is 28.4 Å². The summed E-state index contributed by atoms with van der Waals surface area (Å²) in [6.07, 6.45) is 0. The molecule has 2 N–H and O–H groups in total. The van der Waals surface area contributed by atoms with Crippen molar-refractivity contribution in [3.05, 3.63) is 70.3 Å². The van der Waals surface area contributed by atoms with E-state index in [-0.39, 0.29) is 40.6 Å². The summed E-state index contributed by atoms with van der Waals surface area (Å²) in [5, 5.41) is 20.7. The predicted molar refractivity (Wildman–Crippen MR) is 99.9 cm³/mol. The van der Waals surface area contributed by atoms with Crippen molar-refractivity contribution < 1.29 is 24.2 Å². The summed E-state index contributed by atoms with van der Waals surface area (Å²) in [4.78, 5) is 24.6. The number of hydrogen-bond donors (Lipinski definition) is 2. The molecule has 0 spiro atoms. The third-order valence-electron chi connectivity index (χ3n) is 4.02. The van der Waals surface area contributed by atoms with Crippen LogP contribution in [0.5, 0.6) is 11.5 Å². The molecule has 2 aromatic carbocycles. The molecule has 0 radical (unpaired) electrons. The van der Waals surface area contributed by atoms with Gasteiger partial charge in [-0.3, -0.25) is 0 Å². The summed E-state index contributed by atoms with van der Waals surface area (Å²) in [5.41, 5.74) is 0.406. The second-order valence-corrected chi connectivity index (χ2v) is 5.91. The van der Waals surface area contributed by atoms with Crippen LogP contribution in [0.1, 0.15) is 23.0 Å². The van der Waals surface area contributed by atoms with Crippen molar-refractivity contribution in [2.75, 3.05) is 6.61 Å². The highest BCUT2D eigenvalue weighted by Gasteiger charge is 2.23. The van der Waals surface area contributed by atoms with Crippen LogP contribution in [0.2, 0.25) is 0 Å².